The minimum absolute atomic E-state index is 0.0954. The maximum Gasteiger partial charge on any atom is 0.243 e. The Morgan fingerprint density at radius 3 is 2.38 bits per heavy atom. The zero-order chi connectivity index (χ0) is 43.6. The van der Waals surface area contributed by atoms with Crippen LogP contribution in [0.3, 0.4) is 0 Å². The third-order valence-electron chi connectivity index (χ3n) is 14.7. The molecule has 328 valence electrons. The highest BCUT2D eigenvalue weighted by Gasteiger charge is 2.46. The van der Waals surface area contributed by atoms with E-state index in [1.807, 2.05) is 81.7 Å². The van der Waals surface area contributed by atoms with Crippen LogP contribution in [0.15, 0.2) is 76.8 Å². The predicted octanol–water partition coefficient (Wildman–Crippen LogP) is 9.75. The number of thiazole rings is 1. The van der Waals surface area contributed by atoms with Crippen LogP contribution in [0.1, 0.15) is 143 Å². The molecule has 1 spiro atoms. The van der Waals surface area contributed by atoms with Crippen molar-refractivity contribution in [3.63, 3.8) is 0 Å². The predicted molar refractivity (Wildman–Crippen MR) is 242 cm³/mol. The molecule has 63 heavy (non-hydrogen) atoms. The van der Waals surface area contributed by atoms with E-state index in [0.29, 0.717) is 29.0 Å². The zero-order valence-electron chi connectivity index (χ0n) is 36.5. The van der Waals surface area contributed by atoms with Gasteiger partial charge in [0.25, 0.3) is 0 Å². The van der Waals surface area contributed by atoms with Gasteiger partial charge in [-0.3, -0.25) is 9.59 Å². The number of aryl methyl sites for hydroxylation is 1. The first-order valence-electron chi connectivity index (χ1n) is 22.9. The molecule has 12 nitrogen and oxygen atoms in total. The molecule has 0 bridgehead atoms. The third kappa shape index (κ3) is 7.96. The van der Waals surface area contributed by atoms with E-state index in [2.05, 4.69) is 42.4 Å². The molecular weight excluding hydrogens is 811 g/mol. The van der Waals surface area contributed by atoms with Crippen LogP contribution in [-0.2, 0) is 9.59 Å². The summed E-state index contributed by atoms with van der Waals surface area (Å²) in [5.41, 5.74) is 10.9. The molecule has 2 amide bonds. The summed E-state index contributed by atoms with van der Waals surface area (Å²) in [7, 11) is 0. The third-order valence-corrected chi connectivity index (χ3v) is 15.7. The Morgan fingerprint density at radius 1 is 0.937 bits per heavy atom. The van der Waals surface area contributed by atoms with Crippen molar-refractivity contribution in [2.75, 3.05) is 6.54 Å². The van der Waals surface area contributed by atoms with Crippen molar-refractivity contribution >= 4 is 34.2 Å². The van der Waals surface area contributed by atoms with Gasteiger partial charge in [-0.15, -0.1) is 21.5 Å². The largest absolute Gasteiger partial charge is 0.507 e. The van der Waals surface area contributed by atoms with Crippen molar-refractivity contribution in [1.82, 2.24) is 35.1 Å². The highest BCUT2D eigenvalue weighted by molar-refractivity contribution is 7.13. The maximum absolute atomic E-state index is 14.4. The van der Waals surface area contributed by atoms with E-state index in [4.69, 9.17) is 4.52 Å². The summed E-state index contributed by atoms with van der Waals surface area (Å²) in [6.07, 6.45) is 9.55. The fourth-order valence-corrected chi connectivity index (χ4v) is 11.9. The van der Waals surface area contributed by atoms with Gasteiger partial charge in [0, 0.05) is 42.2 Å². The van der Waals surface area contributed by atoms with Gasteiger partial charge in [-0.1, -0.05) is 55.4 Å². The number of β-amino-alcohol motifs (C(OH)–C–C–N with tert-alkyl or cyclic N) is 1. The number of phenolic OH excluding ortho intramolecular Hbond substituents is 1. The van der Waals surface area contributed by atoms with Crippen molar-refractivity contribution in [1.29, 1.82) is 0 Å². The molecule has 1 saturated heterocycles. The number of hydrogen-bond acceptors (Lipinski definition) is 10. The van der Waals surface area contributed by atoms with Gasteiger partial charge >= 0.3 is 0 Å². The second kappa shape index (κ2) is 16.6. The van der Waals surface area contributed by atoms with Crippen LogP contribution < -0.4 is 5.32 Å². The maximum atomic E-state index is 14.4. The van der Waals surface area contributed by atoms with Crippen LogP contribution in [0.2, 0.25) is 0 Å². The summed E-state index contributed by atoms with van der Waals surface area (Å²) in [4.78, 5) is 35.3. The number of aromatic nitrogens is 5. The first-order valence-corrected chi connectivity index (χ1v) is 23.8. The van der Waals surface area contributed by atoms with Gasteiger partial charge in [-0.25, -0.2) is 4.98 Å². The number of rotatable bonds is 11. The molecule has 4 aromatic heterocycles. The molecule has 0 unspecified atom stereocenters. The fourth-order valence-electron chi connectivity index (χ4n) is 11.1. The molecule has 0 radical (unpaired) electrons. The van der Waals surface area contributed by atoms with E-state index in [-0.39, 0.29) is 53.8 Å². The quantitative estimate of drug-likeness (QED) is 0.115. The minimum Gasteiger partial charge on any atom is -0.507 e. The lowest BCUT2D eigenvalue weighted by atomic mass is 9.68. The SMILES string of the molecule is Cc1ncsc1-c1ccc([C@H](C)NC(=O)[C@@H]2C[C@@H](O)CN2C(=O)[C@@H](c2cc(C3CCC4(CC3)CC[C@H](c3cc5nnc(-c6ccccc6O)cc5n3C3CC3)C4)no2)C(C)C)cc1. The van der Waals surface area contributed by atoms with Gasteiger partial charge < -0.3 is 29.5 Å². The van der Waals surface area contributed by atoms with Gasteiger partial charge in [-0.2, -0.15) is 0 Å². The highest BCUT2D eigenvalue weighted by Crippen LogP contribution is 2.57. The second-order valence-electron chi connectivity index (χ2n) is 19.3. The van der Waals surface area contributed by atoms with Gasteiger partial charge in [0.2, 0.25) is 11.8 Å². The molecule has 3 saturated carbocycles. The zero-order valence-corrected chi connectivity index (χ0v) is 37.4. The van der Waals surface area contributed by atoms with Crippen molar-refractivity contribution in [3.8, 4) is 27.4 Å². The lowest BCUT2D eigenvalue weighted by Crippen LogP contribution is -2.48. The van der Waals surface area contributed by atoms with Crippen LogP contribution in [-0.4, -0.2) is 70.5 Å². The number of para-hydroxylation sites is 1. The number of aliphatic hydroxyl groups is 1. The number of phenols is 1. The van der Waals surface area contributed by atoms with E-state index < -0.39 is 18.1 Å². The molecule has 4 aliphatic rings. The lowest BCUT2D eigenvalue weighted by Gasteiger charge is -2.37. The van der Waals surface area contributed by atoms with Crippen LogP contribution in [0.5, 0.6) is 5.75 Å². The number of benzene rings is 2. The van der Waals surface area contributed by atoms with E-state index in [1.54, 1.807) is 22.3 Å². The molecule has 1 aliphatic heterocycles. The first-order chi connectivity index (χ1) is 30.4. The monoisotopic (exact) mass is 867 g/mol. The van der Waals surface area contributed by atoms with Crippen molar-refractivity contribution in [2.45, 2.75) is 134 Å². The summed E-state index contributed by atoms with van der Waals surface area (Å²) in [5, 5.41) is 38.2. The normalized spacial score (nSPS) is 24.7. The van der Waals surface area contributed by atoms with Crippen LogP contribution in [0, 0.1) is 18.3 Å². The highest BCUT2D eigenvalue weighted by atomic mass is 32.1. The molecule has 2 aromatic carbocycles. The Kier molecular flexibility index (Phi) is 11.0. The molecule has 6 aromatic rings. The lowest BCUT2D eigenvalue weighted by molar-refractivity contribution is -0.141. The fraction of sp³-hybridized carbons (Fsp3) is 0.480. The minimum atomic E-state index is -0.793. The average molecular weight is 868 g/mol. The van der Waals surface area contributed by atoms with Gasteiger partial charge in [-0.05, 0) is 124 Å². The number of fused-ring (bicyclic) bond motifs is 1. The Balaban J connectivity index is 0.789. The van der Waals surface area contributed by atoms with E-state index >= 15 is 0 Å². The van der Waals surface area contributed by atoms with E-state index in [1.165, 1.54) is 25.0 Å². The Bertz CT molecular complexity index is 2640. The van der Waals surface area contributed by atoms with Gasteiger partial charge in [0.1, 0.15) is 29.0 Å². The summed E-state index contributed by atoms with van der Waals surface area (Å²) in [6.45, 7) is 8.02. The number of carbonyl (C=O) groups excluding carboxylic acids is 2. The van der Waals surface area contributed by atoms with Crippen LogP contribution >= 0.6 is 11.3 Å². The molecule has 3 aliphatic carbocycles. The number of hydrogen-bond donors (Lipinski definition) is 3. The van der Waals surface area contributed by atoms with Crippen molar-refractivity contribution < 1.29 is 24.3 Å². The number of nitrogens with one attached hydrogen (secondary N) is 1. The van der Waals surface area contributed by atoms with Crippen LogP contribution in [0.25, 0.3) is 32.7 Å². The Labute approximate surface area is 372 Å². The molecule has 13 heteroatoms. The number of nitrogens with zero attached hydrogens (tertiary/aromatic N) is 6. The van der Waals surface area contributed by atoms with Gasteiger partial charge in [0.15, 0.2) is 0 Å². The summed E-state index contributed by atoms with van der Waals surface area (Å²) < 4.78 is 8.56. The number of aromatic hydroxyl groups is 1. The summed E-state index contributed by atoms with van der Waals surface area (Å²) in [5.74, 6) is 0.220. The standard InChI is InChI=1S/C50H57N7O5S/c1-28(2)46(49(61)56-26-36(58)21-43(56)48(60)52-29(3)31-9-11-33(12-10-31)47-30(4)51-27-63-47)45-24-38(55-62-45)32-15-18-50(19-16-32)20-17-34(25-50)41-23-40-42(57(41)35-13-14-35)22-39(53-54-40)37-7-5-6-8-44(37)59/h5-12,22-24,27-29,32,34-36,43,46,58-59H,13-21,25-26H2,1-4H3,(H,52,60)/t29-,32?,34-,36+,43-,46+,50?/m0/s1. The molecule has 5 heterocycles. The smallest absolute Gasteiger partial charge is 0.243 e. The number of aliphatic hydroxyl groups excluding tert-OH is 1. The molecular formula is C50H57N7O5S. The Hall–Kier alpha value is -5.40. The molecule has 10 rings (SSSR count). The number of likely N-dealkylation sites (tertiary alicyclic amines) is 1. The second-order valence-corrected chi connectivity index (χ2v) is 20.1. The van der Waals surface area contributed by atoms with E-state index in [0.717, 1.165) is 77.0 Å². The summed E-state index contributed by atoms with van der Waals surface area (Å²) in [6, 6.07) is 21.2. The van der Waals surface area contributed by atoms with Crippen LogP contribution in [0.4, 0.5) is 0 Å². The Morgan fingerprint density at radius 2 is 1.68 bits per heavy atom. The van der Waals surface area contributed by atoms with Crippen molar-refractivity contribution in [2.24, 2.45) is 11.3 Å². The average Bonchev–Trinajstić information content (AvgIpc) is 3.72. The number of amides is 2. The number of carbonyl (C=O) groups is 2. The van der Waals surface area contributed by atoms with Crippen molar-refractivity contribution in [3.05, 3.63) is 101 Å². The first kappa shape index (κ1) is 41.6. The molecule has 3 N–H and O–H groups in total. The summed E-state index contributed by atoms with van der Waals surface area (Å²) >= 11 is 1.60. The van der Waals surface area contributed by atoms with Gasteiger partial charge in [0.05, 0.1) is 45.1 Å². The molecule has 5 atom stereocenters. The van der Waals surface area contributed by atoms with E-state index in [9.17, 15) is 19.8 Å². The topological polar surface area (TPSA) is 160 Å². The molecule has 4 fully saturated rings.